The van der Waals surface area contributed by atoms with Crippen LogP contribution in [0.2, 0.25) is 0 Å². The van der Waals surface area contributed by atoms with Crippen molar-refractivity contribution < 1.29 is 20.5 Å². The molecule has 5 nitrogen and oxygen atoms in total. The topological polar surface area (TPSA) is 57.1 Å². The Kier molecular flexibility index (Phi) is 3.13. The Bertz CT molecular complexity index is 300. The van der Waals surface area contributed by atoms with Crippen LogP contribution in [0.3, 0.4) is 0 Å². The third-order valence-corrected chi connectivity index (χ3v) is 1.57. The molecule has 0 spiro atoms. The van der Waals surface area contributed by atoms with E-state index in [0.29, 0.717) is 5.57 Å². The van der Waals surface area contributed by atoms with Crippen molar-refractivity contribution in [1.82, 2.24) is 0 Å². The Morgan fingerprint density at radius 1 is 1.86 bits per heavy atom. The Balaban J connectivity index is 2.75. The molecular weight excluding hydrogens is 186 g/mol. The molecule has 0 aromatic rings. The highest BCUT2D eigenvalue weighted by Gasteiger charge is 2.21. The van der Waals surface area contributed by atoms with Gasteiger partial charge in [0, 0.05) is 8.48 Å². The molecule has 14 heavy (non-hydrogen) atoms. The molecule has 1 aliphatic heterocycles. The zero-order valence-electron chi connectivity index (χ0n) is 9.15. The number of hydrogen-bond acceptors (Lipinski definition) is 5. The van der Waals surface area contributed by atoms with Crippen molar-refractivity contribution in [2.75, 3.05) is 13.7 Å². The van der Waals surface area contributed by atoms with E-state index in [1.807, 2.05) is 0 Å². The van der Waals surface area contributed by atoms with Crippen LogP contribution >= 0.6 is 0 Å². The number of methoxy groups -OCH3 is 1. The second kappa shape index (κ2) is 4.76. The highest BCUT2D eigenvalue weighted by Crippen LogP contribution is 2.13. The van der Waals surface area contributed by atoms with Crippen molar-refractivity contribution in [2.24, 2.45) is 5.16 Å². The maximum atomic E-state index is 11.3. The molecule has 5 heteroatoms. The maximum Gasteiger partial charge on any atom is 0.360 e. The van der Waals surface area contributed by atoms with Crippen LogP contribution in [0.25, 0.3) is 0 Å². The van der Waals surface area contributed by atoms with Crippen molar-refractivity contribution in [3.8, 4) is 0 Å². The lowest BCUT2D eigenvalue weighted by Gasteiger charge is -2.18. The molecule has 1 atom stereocenters. The second-order valence-electron chi connectivity index (χ2n) is 2.59. The summed E-state index contributed by atoms with van der Waals surface area (Å²) in [6.45, 7) is 1.96. The zero-order chi connectivity index (χ0) is 11.3. The molecule has 0 radical (unpaired) electrons. The maximum absolute atomic E-state index is 11.3. The predicted molar refractivity (Wildman–Crippen MR) is 49.7 cm³/mol. The summed E-state index contributed by atoms with van der Waals surface area (Å²) in [6, 6.07) is 0. The summed E-state index contributed by atoms with van der Waals surface area (Å²) in [7, 11) is 1.44. The minimum atomic E-state index is -0.680. The van der Waals surface area contributed by atoms with E-state index in [9.17, 15) is 4.79 Å². The van der Waals surface area contributed by atoms with Crippen molar-refractivity contribution in [3.63, 3.8) is 0 Å². The van der Waals surface area contributed by atoms with Gasteiger partial charge in [0.1, 0.15) is 0 Å². The average molecular weight is 200 g/mol. The fourth-order valence-corrected chi connectivity index (χ4v) is 0.938. The summed E-state index contributed by atoms with van der Waals surface area (Å²) >= 11 is 0. The fourth-order valence-electron chi connectivity index (χ4n) is 0.938. The SMILES string of the molecule is [2H]CC1=CC(C(=O)OCC)=NOC1OC. The minimum absolute atomic E-state index is 0.0169. The van der Waals surface area contributed by atoms with Gasteiger partial charge in [0.05, 0.1) is 6.61 Å². The summed E-state index contributed by atoms with van der Waals surface area (Å²) in [5.74, 6) is -0.557. The van der Waals surface area contributed by atoms with E-state index in [1.54, 1.807) is 6.92 Å². The van der Waals surface area contributed by atoms with Gasteiger partial charge in [-0.05, 0) is 25.5 Å². The molecule has 1 unspecified atom stereocenters. The lowest BCUT2D eigenvalue weighted by molar-refractivity contribution is -0.136. The molecule has 1 aliphatic rings. The van der Waals surface area contributed by atoms with Gasteiger partial charge >= 0.3 is 5.97 Å². The van der Waals surface area contributed by atoms with Gasteiger partial charge in [-0.3, -0.25) is 0 Å². The minimum Gasteiger partial charge on any atom is -0.461 e. The third-order valence-electron chi connectivity index (χ3n) is 1.57. The summed E-state index contributed by atoms with van der Waals surface area (Å²) in [5, 5.41) is 3.56. The largest absolute Gasteiger partial charge is 0.461 e. The van der Waals surface area contributed by atoms with Crippen molar-refractivity contribution in [1.29, 1.82) is 0 Å². The number of esters is 1. The van der Waals surface area contributed by atoms with Crippen LogP contribution in [0.1, 0.15) is 15.2 Å². The van der Waals surface area contributed by atoms with Gasteiger partial charge in [-0.2, -0.15) is 0 Å². The van der Waals surface area contributed by atoms with Crippen molar-refractivity contribution >= 4 is 11.7 Å². The van der Waals surface area contributed by atoms with E-state index in [0.717, 1.165) is 0 Å². The third kappa shape index (κ3) is 2.32. The van der Waals surface area contributed by atoms with E-state index in [-0.39, 0.29) is 19.2 Å². The van der Waals surface area contributed by atoms with Gasteiger partial charge < -0.3 is 14.3 Å². The Morgan fingerprint density at radius 2 is 2.64 bits per heavy atom. The van der Waals surface area contributed by atoms with Crippen LogP contribution in [-0.2, 0) is 19.1 Å². The molecule has 0 bridgehead atoms. The van der Waals surface area contributed by atoms with E-state index in [1.165, 1.54) is 13.2 Å². The molecule has 0 fully saturated rings. The molecule has 0 aliphatic carbocycles. The molecule has 0 amide bonds. The van der Waals surface area contributed by atoms with Crippen LogP contribution in [0, 0.1) is 0 Å². The van der Waals surface area contributed by atoms with E-state index < -0.39 is 12.3 Å². The van der Waals surface area contributed by atoms with Crippen LogP contribution in [-0.4, -0.2) is 31.7 Å². The molecule has 1 heterocycles. The predicted octanol–water partition coefficient (Wildman–Crippen LogP) is 0.855. The number of oxime groups is 1. The standard InChI is InChI=1S/C9H13NO4/c1-4-13-8(11)7-5-6(2)9(12-3)14-10-7/h5,9H,4H2,1-3H3/i2D. The Morgan fingerprint density at radius 3 is 3.21 bits per heavy atom. The molecular formula is C9H13NO4. The number of rotatable bonds is 3. The average Bonchev–Trinajstić information content (AvgIpc) is 2.28. The molecule has 0 saturated heterocycles. The van der Waals surface area contributed by atoms with Gasteiger partial charge in [0.25, 0.3) is 0 Å². The van der Waals surface area contributed by atoms with Crippen LogP contribution in [0.4, 0.5) is 0 Å². The first-order valence-electron chi connectivity index (χ1n) is 4.87. The molecule has 0 aromatic heterocycles. The Labute approximate surface area is 83.7 Å². The lowest BCUT2D eigenvalue weighted by Crippen LogP contribution is -2.25. The van der Waals surface area contributed by atoms with Gasteiger partial charge in [-0.1, -0.05) is 5.16 Å². The van der Waals surface area contributed by atoms with Crippen LogP contribution in [0.5, 0.6) is 0 Å². The summed E-state index contributed by atoms with van der Waals surface area (Å²) in [5.41, 5.74) is 0.600. The van der Waals surface area contributed by atoms with E-state index in [4.69, 9.17) is 15.7 Å². The number of ether oxygens (including phenoxy) is 2. The first-order chi connectivity index (χ1) is 7.22. The number of nitrogens with zero attached hydrogens (tertiary/aromatic N) is 1. The van der Waals surface area contributed by atoms with Gasteiger partial charge in [0.15, 0.2) is 5.71 Å². The smallest absolute Gasteiger partial charge is 0.360 e. The number of carbonyl (C=O) groups excluding carboxylic acids is 1. The van der Waals surface area contributed by atoms with E-state index in [2.05, 4.69) is 5.16 Å². The molecule has 1 rings (SSSR count). The normalized spacial score (nSPS) is 21.6. The van der Waals surface area contributed by atoms with Gasteiger partial charge in [-0.15, -0.1) is 0 Å². The zero-order valence-corrected chi connectivity index (χ0v) is 8.15. The summed E-state index contributed by atoms with van der Waals surface area (Å²) < 4.78 is 16.9. The fraction of sp³-hybridized carbons (Fsp3) is 0.556. The summed E-state index contributed by atoms with van der Waals surface area (Å²) in [6.07, 6.45) is 0.781. The monoisotopic (exact) mass is 200 g/mol. The molecule has 0 aromatic carbocycles. The van der Waals surface area contributed by atoms with Crippen LogP contribution in [0.15, 0.2) is 16.8 Å². The number of carbonyl (C=O) groups is 1. The van der Waals surface area contributed by atoms with Crippen LogP contribution < -0.4 is 0 Å². The first kappa shape index (κ1) is 9.21. The molecule has 78 valence electrons. The molecule has 0 saturated carbocycles. The van der Waals surface area contributed by atoms with Crippen molar-refractivity contribution in [2.45, 2.75) is 20.1 Å². The first-order valence-corrected chi connectivity index (χ1v) is 4.16. The highest BCUT2D eigenvalue weighted by molar-refractivity contribution is 6.41. The second-order valence-corrected chi connectivity index (χ2v) is 2.59. The van der Waals surface area contributed by atoms with Gasteiger partial charge in [0.2, 0.25) is 6.29 Å². The Hall–Kier alpha value is -1.36. The molecule has 0 N–H and O–H groups in total. The highest BCUT2D eigenvalue weighted by atomic mass is 16.8. The summed E-state index contributed by atoms with van der Waals surface area (Å²) in [4.78, 5) is 16.2. The quantitative estimate of drug-likeness (QED) is 0.634. The van der Waals surface area contributed by atoms with Crippen molar-refractivity contribution in [3.05, 3.63) is 11.6 Å². The lowest BCUT2D eigenvalue weighted by atomic mass is 10.2. The van der Waals surface area contributed by atoms with Gasteiger partial charge in [-0.25, -0.2) is 4.79 Å². The van der Waals surface area contributed by atoms with E-state index >= 15 is 0 Å². The number of hydrogen-bond donors (Lipinski definition) is 0.